The lowest BCUT2D eigenvalue weighted by atomic mass is 10.0. The van der Waals surface area contributed by atoms with Crippen molar-refractivity contribution in [3.05, 3.63) is 70.1 Å². The summed E-state index contributed by atoms with van der Waals surface area (Å²) in [4.78, 5) is 13.4. The Bertz CT molecular complexity index is 1020. The maximum absolute atomic E-state index is 13.8. The van der Waals surface area contributed by atoms with E-state index < -0.39 is 5.97 Å². The van der Waals surface area contributed by atoms with Crippen LogP contribution in [0, 0.1) is 5.82 Å². The minimum atomic E-state index is -1.07. The molecule has 4 rings (SSSR count). The van der Waals surface area contributed by atoms with Gasteiger partial charge in [0.25, 0.3) is 0 Å². The molecule has 29 heavy (non-hydrogen) atoms. The highest BCUT2D eigenvalue weighted by atomic mass is 79.9. The molecule has 0 aliphatic carbocycles. The summed E-state index contributed by atoms with van der Waals surface area (Å²) in [6.07, 6.45) is 2.65. The van der Waals surface area contributed by atoms with Gasteiger partial charge >= 0.3 is 0 Å². The summed E-state index contributed by atoms with van der Waals surface area (Å²) in [6, 6.07) is 15.2. The molecule has 1 aromatic heterocycles. The fourth-order valence-electron chi connectivity index (χ4n) is 4.26. The van der Waals surface area contributed by atoms with E-state index in [9.17, 15) is 14.3 Å². The third-order valence-corrected chi connectivity index (χ3v) is 6.40. The molecule has 0 atom stereocenters. The van der Waals surface area contributed by atoms with E-state index in [-0.39, 0.29) is 12.2 Å². The van der Waals surface area contributed by atoms with Gasteiger partial charge in [-0.25, -0.2) is 4.39 Å². The molecular weight excluding hydrogens is 435 g/mol. The van der Waals surface area contributed by atoms with Gasteiger partial charge in [-0.15, -0.1) is 0 Å². The highest BCUT2D eigenvalue weighted by molar-refractivity contribution is 9.10. The maximum Gasteiger partial charge on any atom is 0.126 e. The van der Waals surface area contributed by atoms with Gasteiger partial charge < -0.3 is 19.4 Å². The second kappa shape index (κ2) is 8.67. The van der Waals surface area contributed by atoms with E-state index in [2.05, 4.69) is 31.5 Å². The van der Waals surface area contributed by atoms with Crippen LogP contribution in [-0.4, -0.2) is 35.1 Å². The Morgan fingerprint density at radius 3 is 2.62 bits per heavy atom. The molecule has 0 amide bonds. The van der Waals surface area contributed by atoms with Crippen molar-refractivity contribution in [1.29, 1.82) is 0 Å². The van der Waals surface area contributed by atoms with Gasteiger partial charge in [0.2, 0.25) is 0 Å². The highest BCUT2D eigenvalue weighted by Gasteiger charge is 2.23. The summed E-state index contributed by atoms with van der Waals surface area (Å²) >= 11 is 3.68. The lowest BCUT2D eigenvalue weighted by Gasteiger charge is -2.33. The average Bonchev–Trinajstić information content (AvgIpc) is 3.02. The number of hydrogen-bond acceptors (Lipinski definition) is 3. The third kappa shape index (κ3) is 4.54. The number of benzene rings is 2. The first-order valence-electron chi connectivity index (χ1n) is 9.96. The van der Waals surface area contributed by atoms with E-state index in [0.29, 0.717) is 6.04 Å². The van der Waals surface area contributed by atoms with E-state index in [4.69, 9.17) is 0 Å². The summed E-state index contributed by atoms with van der Waals surface area (Å²) < 4.78 is 17.1. The quantitative estimate of drug-likeness (QED) is 0.566. The van der Waals surface area contributed by atoms with Gasteiger partial charge in [0.1, 0.15) is 5.82 Å². The van der Waals surface area contributed by atoms with Gasteiger partial charge in [0.05, 0.1) is 4.60 Å². The van der Waals surface area contributed by atoms with Crippen molar-refractivity contribution in [2.24, 2.45) is 0 Å². The third-order valence-electron chi connectivity index (χ3n) is 5.79. The number of carboxylic acids is 1. The number of carbonyl (C=O) groups excluding carboxylic acids is 1. The SMILES string of the molecule is O=C([O-])Cc1ccc2cc(Br)n(C3CCN(CCc4ccccc4F)CC3)c2c1. The van der Waals surface area contributed by atoms with Crippen LogP contribution in [-0.2, 0) is 17.6 Å². The van der Waals surface area contributed by atoms with E-state index in [1.165, 1.54) is 6.07 Å². The van der Waals surface area contributed by atoms with Crippen LogP contribution in [0.25, 0.3) is 10.9 Å². The van der Waals surface area contributed by atoms with E-state index in [0.717, 1.165) is 65.5 Å². The molecule has 3 aromatic rings. The molecule has 4 nitrogen and oxygen atoms in total. The number of piperidine rings is 1. The van der Waals surface area contributed by atoms with Crippen LogP contribution >= 0.6 is 15.9 Å². The van der Waals surface area contributed by atoms with Crippen molar-refractivity contribution >= 4 is 32.8 Å². The van der Waals surface area contributed by atoms with Crippen molar-refractivity contribution < 1.29 is 14.3 Å². The molecule has 6 heteroatoms. The van der Waals surface area contributed by atoms with Crippen LogP contribution in [0.15, 0.2) is 53.1 Å². The van der Waals surface area contributed by atoms with Crippen LogP contribution in [0.2, 0.25) is 0 Å². The number of aliphatic carboxylic acids is 1. The standard InChI is InChI=1S/C23H24BrFN2O2/c24-22-15-18-6-5-16(14-23(28)29)13-21(18)27(22)19-8-11-26(12-9-19)10-7-17-3-1-2-4-20(17)25/h1-6,13,15,19H,7-12,14H2,(H,28,29)/p-1. The lowest BCUT2D eigenvalue weighted by molar-refractivity contribution is -0.304. The van der Waals surface area contributed by atoms with Crippen molar-refractivity contribution in [2.45, 2.75) is 31.7 Å². The molecule has 2 heterocycles. The Morgan fingerprint density at radius 1 is 1.14 bits per heavy atom. The van der Waals surface area contributed by atoms with Gasteiger partial charge in [0, 0.05) is 49.0 Å². The van der Waals surface area contributed by atoms with Crippen molar-refractivity contribution in [1.82, 2.24) is 9.47 Å². The number of hydrogen-bond donors (Lipinski definition) is 0. The van der Waals surface area contributed by atoms with E-state index in [1.807, 2.05) is 30.3 Å². The lowest BCUT2D eigenvalue weighted by Crippen LogP contribution is -2.36. The number of carboxylic acid groups (broad SMARTS) is 1. The van der Waals surface area contributed by atoms with Crippen molar-refractivity contribution in [3.63, 3.8) is 0 Å². The fraction of sp³-hybridized carbons (Fsp3) is 0.348. The predicted molar refractivity (Wildman–Crippen MR) is 113 cm³/mol. The normalized spacial score (nSPS) is 15.8. The van der Waals surface area contributed by atoms with Gasteiger partial charge in [-0.2, -0.15) is 0 Å². The molecule has 0 bridgehead atoms. The van der Waals surface area contributed by atoms with Crippen molar-refractivity contribution in [3.8, 4) is 0 Å². The van der Waals surface area contributed by atoms with Gasteiger partial charge in [0.15, 0.2) is 0 Å². The molecule has 1 aliphatic rings. The maximum atomic E-state index is 13.8. The van der Waals surface area contributed by atoms with Crippen LogP contribution in [0.3, 0.4) is 0 Å². The average molecular weight is 458 g/mol. The van der Waals surface area contributed by atoms with Crippen LogP contribution in [0.4, 0.5) is 4.39 Å². The first-order valence-corrected chi connectivity index (χ1v) is 10.8. The van der Waals surface area contributed by atoms with Crippen LogP contribution < -0.4 is 5.11 Å². The smallest absolute Gasteiger partial charge is 0.126 e. The number of nitrogens with zero attached hydrogens (tertiary/aromatic N) is 2. The van der Waals surface area contributed by atoms with Gasteiger partial charge in [-0.3, -0.25) is 0 Å². The second-order valence-corrected chi connectivity index (χ2v) is 8.51. The summed E-state index contributed by atoms with van der Waals surface area (Å²) in [6.45, 7) is 2.78. The van der Waals surface area contributed by atoms with Crippen molar-refractivity contribution in [2.75, 3.05) is 19.6 Å². The number of likely N-dealkylation sites (tertiary alicyclic amines) is 1. The first kappa shape index (κ1) is 20.1. The Balaban J connectivity index is 1.44. The zero-order valence-corrected chi connectivity index (χ0v) is 17.7. The first-order chi connectivity index (χ1) is 14.0. The van der Waals surface area contributed by atoms with Crippen LogP contribution in [0.1, 0.15) is 30.0 Å². The zero-order chi connectivity index (χ0) is 20.4. The molecule has 0 saturated carbocycles. The molecule has 0 unspecified atom stereocenters. The molecule has 1 aliphatic heterocycles. The molecule has 0 spiro atoms. The van der Waals surface area contributed by atoms with E-state index in [1.54, 1.807) is 6.07 Å². The number of fused-ring (bicyclic) bond motifs is 1. The minimum Gasteiger partial charge on any atom is -0.550 e. The molecule has 152 valence electrons. The Hall–Kier alpha value is -2.18. The molecule has 2 aromatic carbocycles. The Morgan fingerprint density at radius 2 is 1.90 bits per heavy atom. The number of carbonyl (C=O) groups is 1. The Labute approximate surface area is 178 Å². The van der Waals surface area contributed by atoms with Gasteiger partial charge in [-0.05, 0) is 64.5 Å². The minimum absolute atomic E-state index is 0.0762. The predicted octanol–water partition coefficient (Wildman–Crippen LogP) is 3.71. The monoisotopic (exact) mass is 457 g/mol. The van der Waals surface area contributed by atoms with Crippen LogP contribution in [0.5, 0.6) is 0 Å². The second-order valence-electron chi connectivity index (χ2n) is 7.69. The summed E-state index contributed by atoms with van der Waals surface area (Å²) in [5, 5.41) is 12.1. The largest absolute Gasteiger partial charge is 0.550 e. The van der Waals surface area contributed by atoms with Gasteiger partial charge in [-0.1, -0.05) is 30.3 Å². The number of rotatable bonds is 6. The topological polar surface area (TPSA) is 48.3 Å². The fourth-order valence-corrected chi connectivity index (χ4v) is 4.99. The summed E-state index contributed by atoms with van der Waals surface area (Å²) in [5.74, 6) is -1.19. The molecule has 1 saturated heterocycles. The Kier molecular flexibility index (Phi) is 6.01. The summed E-state index contributed by atoms with van der Waals surface area (Å²) in [5.41, 5.74) is 2.58. The molecule has 0 radical (unpaired) electrons. The zero-order valence-electron chi connectivity index (χ0n) is 16.1. The molecule has 0 N–H and O–H groups in total. The highest BCUT2D eigenvalue weighted by Crippen LogP contribution is 2.33. The number of aromatic nitrogens is 1. The molecule has 1 fully saturated rings. The summed E-state index contributed by atoms with van der Waals surface area (Å²) in [7, 11) is 0. The molecular formula is C23H23BrFN2O2-. The van der Waals surface area contributed by atoms with E-state index >= 15 is 0 Å². The number of halogens is 2.